The summed E-state index contributed by atoms with van der Waals surface area (Å²) in [6, 6.07) is 0.626. The predicted octanol–water partition coefficient (Wildman–Crippen LogP) is 1.04. The van der Waals surface area contributed by atoms with Crippen LogP contribution in [-0.4, -0.2) is 37.1 Å². The summed E-state index contributed by atoms with van der Waals surface area (Å²) >= 11 is 0. The zero-order chi connectivity index (χ0) is 8.81. The Morgan fingerprint density at radius 2 is 2.00 bits per heavy atom. The van der Waals surface area contributed by atoms with Gasteiger partial charge in [0.05, 0.1) is 0 Å². The number of hydrogen-bond donors (Lipinski definition) is 0. The minimum Gasteiger partial charge on any atom is -0.292 e. The van der Waals surface area contributed by atoms with Crippen LogP contribution in [0.1, 0.15) is 6.42 Å². The van der Waals surface area contributed by atoms with Crippen molar-refractivity contribution in [3.05, 3.63) is 25.3 Å². The van der Waals surface area contributed by atoms with Gasteiger partial charge in [0.1, 0.15) is 0 Å². The summed E-state index contributed by atoms with van der Waals surface area (Å²) < 4.78 is 0. The molecule has 1 heterocycles. The molecule has 0 aliphatic carbocycles. The van der Waals surface area contributed by atoms with E-state index in [0.717, 1.165) is 26.2 Å². The largest absolute Gasteiger partial charge is 0.292 e. The normalized spacial score (nSPS) is 22.9. The molecular weight excluding hydrogens is 148 g/mol. The van der Waals surface area contributed by atoms with Gasteiger partial charge in [-0.25, -0.2) is 5.32 Å². The van der Waals surface area contributed by atoms with Crippen molar-refractivity contribution in [2.24, 2.45) is 0 Å². The molecule has 67 valence electrons. The molecule has 0 aromatic heterocycles. The van der Waals surface area contributed by atoms with Crippen molar-refractivity contribution < 1.29 is 0 Å². The highest BCUT2D eigenvalue weighted by atomic mass is 15.2. The van der Waals surface area contributed by atoms with Gasteiger partial charge in [0.2, 0.25) is 0 Å². The molecule has 1 saturated heterocycles. The second-order valence-corrected chi connectivity index (χ2v) is 3.10. The van der Waals surface area contributed by atoms with Crippen LogP contribution in [0, 0.1) is 0 Å². The van der Waals surface area contributed by atoms with Crippen LogP contribution in [0.4, 0.5) is 0 Å². The Morgan fingerprint density at radius 3 is 2.42 bits per heavy atom. The quantitative estimate of drug-likeness (QED) is 0.556. The maximum Gasteiger partial charge on any atom is 0.0290 e. The molecule has 0 aromatic carbocycles. The van der Waals surface area contributed by atoms with Crippen LogP contribution in [0.5, 0.6) is 0 Å². The van der Waals surface area contributed by atoms with Crippen molar-refractivity contribution in [2.75, 3.05) is 26.2 Å². The van der Waals surface area contributed by atoms with E-state index in [-0.39, 0.29) is 0 Å². The van der Waals surface area contributed by atoms with E-state index in [1.807, 2.05) is 12.2 Å². The lowest BCUT2D eigenvalue weighted by atomic mass is 10.2. The van der Waals surface area contributed by atoms with Gasteiger partial charge in [0, 0.05) is 32.2 Å². The van der Waals surface area contributed by atoms with Gasteiger partial charge < -0.3 is 0 Å². The summed E-state index contributed by atoms with van der Waals surface area (Å²) in [5.74, 6) is 0. The Labute approximate surface area is 74.9 Å². The smallest absolute Gasteiger partial charge is 0.0290 e. The SMILES string of the molecule is C=CCN(CC=C)C1CC[N]C1. The second kappa shape index (κ2) is 5.12. The molecular formula is C10H17N2. The molecule has 1 fully saturated rings. The molecule has 2 heteroatoms. The first kappa shape index (κ1) is 9.49. The standard InChI is InChI=1S/C10H17N2/c1-3-7-12(8-4-2)10-5-6-11-9-10/h3-4,10H,1-2,5-9H2. The highest BCUT2D eigenvalue weighted by Gasteiger charge is 2.20. The van der Waals surface area contributed by atoms with E-state index in [0.29, 0.717) is 6.04 Å². The van der Waals surface area contributed by atoms with E-state index in [4.69, 9.17) is 0 Å². The number of hydrogen-bond acceptors (Lipinski definition) is 1. The van der Waals surface area contributed by atoms with Gasteiger partial charge in [-0.15, -0.1) is 13.2 Å². The van der Waals surface area contributed by atoms with Gasteiger partial charge in [0.25, 0.3) is 0 Å². The summed E-state index contributed by atoms with van der Waals surface area (Å²) in [6.07, 6.45) is 5.09. The third-order valence-electron chi connectivity index (χ3n) is 2.20. The fraction of sp³-hybridized carbons (Fsp3) is 0.600. The summed E-state index contributed by atoms with van der Waals surface area (Å²) in [7, 11) is 0. The van der Waals surface area contributed by atoms with Crippen molar-refractivity contribution in [1.29, 1.82) is 0 Å². The van der Waals surface area contributed by atoms with Gasteiger partial charge in [-0.2, -0.15) is 0 Å². The Kier molecular flexibility index (Phi) is 4.05. The molecule has 12 heavy (non-hydrogen) atoms. The summed E-state index contributed by atoms with van der Waals surface area (Å²) in [5, 5.41) is 4.34. The molecule has 0 spiro atoms. The Balaban J connectivity index is 2.38. The highest BCUT2D eigenvalue weighted by Crippen LogP contribution is 2.08. The molecule has 1 atom stereocenters. The topological polar surface area (TPSA) is 17.3 Å². The molecule has 1 aliphatic heterocycles. The average molecular weight is 165 g/mol. The maximum atomic E-state index is 4.34. The van der Waals surface area contributed by atoms with Crippen LogP contribution < -0.4 is 5.32 Å². The molecule has 1 radical (unpaired) electrons. The van der Waals surface area contributed by atoms with Gasteiger partial charge in [-0.05, 0) is 6.42 Å². The van der Waals surface area contributed by atoms with Crippen molar-refractivity contribution in [2.45, 2.75) is 12.5 Å². The minimum atomic E-state index is 0.626. The van der Waals surface area contributed by atoms with Gasteiger partial charge >= 0.3 is 0 Å². The van der Waals surface area contributed by atoms with E-state index in [1.54, 1.807) is 0 Å². The molecule has 0 bridgehead atoms. The second-order valence-electron chi connectivity index (χ2n) is 3.10. The third kappa shape index (κ3) is 2.47. The number of nitrogens with zero attached hydrogens (tertiary/aromatic N) is 2. The minimum absolute atomic E-state index is 0.626. The molecule has 1 rings (SSSR count). The predicted molar refractivity (Wildman–Crippen MR) is 52.2 cm³/mol. The fourth-order valence-corrected chi connectivity index (χ4v) is 1.57. The molecule has 0 N–H and O–H groups in total. The molecule has 0 saturated carbocycles. The molecule has 1 aliphatic rings. The van der Waals surface area contributed by atoms with Crippen molar-refractivity contribution >= 4 is 0 Å². The van der Waals surface area contributed by atoms with E-state index in [1.165, 1.54) is 6.42 Å². The average Bonchev–Trinajstić information content (AvgIpc) is 2.56. The first-order chi connectivity index (χ1) is 5.88. The zero-order valence-electron chi connectivity index (χ0n) is 7.58. The first-order valence-corrected chi connectivity index (χ1v) is 4.47. The van der Waals surface area contributed by atoms with Crippen LogP contribution >= 0.6 is 0 Å². The number of rotatable bonds is 5. The monoisotopic (exact) mass is 165 g/mol. The third-order valence-corrected chi connectivity index (χ3v) is 2.20. The van der Waals surface area contributed by atoms with Gasteiger partial charge in [-0.3, -0.25) is 4.90 Å². The van der Waals surface area contributed by atoms with Crippen molar-refractivity contribution in [3.8, 4) is 0 Å². The summed E-state index contributed by atoms with van der Waals surface area (Å²) in [5.41, 5.74) is 0. The lowest BCUT2D eigenvalue weighted by Crippen LogP contribution is -2.36. The molecule has 2 nitrogen and oxygen atoms in total. The van der Waals surface area contributed by atoms with E-state index >= 15 is 0 Å². The van der Waals surface area contributed by atoms with E-state index in [9.17, 15) is 0 Å². The van der Waals surface area contributed by atoms with Crippen LogP contribution in [0.2, 0.25) is 0 Å². The lowest BCUT2D eigenvalue weighted by Gasteiger charge is -2.25. The highest BCUT2D eigenvalue weighted by molar-refractivity contribution is 4.88. The van der Waals surface area contributed by atoms with Crippen LogP contribution in [-0.2, 0) is 0 Å². The van der Waals surface area contributed by atoms with Crippen LogP contribution in [0.3, 0.4) is 0 Å². The van der Waals surface area contributed by atoms with Gasteiger partial charge in [-0.1, -0.05) is 12.2 Å². The van der Waals surface area contributed by atoms with Crippen LogP contribution in [0.25, 0.3) is 0 Å². The Bertz CT molecular complexity index is 138. The summed E-state index contributed by atoms with van der Waals surface area (Å²) in [4.78, 5) is 2.37. The van der Waals surface area contributed by atoms with Crippen LogP contribution in [0.15, 0.2) is 25.3 Å². The molecule has 0 amide bonds. The molecule has 0 aromatic rings. The maximum absolute atomic E-state index is 4.34. The molecule has 1 unspecified atom stereocenters. The van der Waals surface area contributed by atoms with E-state index in [2.05, 4.69) is 23.4 Å². The Hall–Kier alpha value is -0.600. The Morgan fingerprint density at radius 1 is 1.33 bits per heavy atom. The van der Waals surface area contributed by atoms with Gasteiger partial charge in [0.15, 0.2) is 0 Å². The zero-order valence-corrected chi connectivity index (χ0v) is 7.58. The summed E-state index contributed by atoms with van der Waals surface area (Å²) in [6.45, 7) is 11.4. The van der Waals surface area contributed by atoms with E-state index < -0.39 is 0 Å². The van der Waals surface area contributed by atoms with Crippen molar-refractivity contribution in [3.63, 3.8) is 0 Å². The first-order valence-electron chi connectivity index (χ1n) is 4.47. The van der Waals surface area contributed by atoms with Crippen molar-refractivity contribution in [1.82, 2.24) is 10.2 Å². The fourth-order valence-electron chi connectivity index (χ4n) is 1.57. The lowest BCUT2D eigenvalue weighted by molar-refractivity contribution is 0.255.